The van der Waals surface area contributed by atoms with Crippen molar-refractivity contribution in [2.75, 3.05) is 53.6 Å². The number of aryl methyl sites for hydroxylation is 2. The van der Waals surface area contributed by atoms with E-state index in [1.807, 2.05) is 32.2 Å². The lowest BCUT2D eigenvalue weighted by Crippen LogP contribution is -2.45. The highest BCUT2D eigenvalue weighted by atomic mass is 16.5. The standard InChI is InChI=1S/C25H40N4O6/c1-20-6-4-7-21(9-10-24(32)28-12-15-35-17-16-34-14-11-26-2)22(20)18-29(19-31)23(8-5-13-30)25(33)27-3/h4,6-7,13,19,23,26H,5,8-12,14-18H2,1-3H3,(H,27,33)(H,28,32). The molecule has 196 valence electrons. The fourth-order valence-electron chi connectivity index (χ4n) is 3.56. The Balaban J connectivity index is 2.60. The number of rotatable bonds is 20. The third-order valence-corrected chi connectivity index (χ3v) is 5.55. The van der Waals surface area contributed by atoms with E-state index in [0.29, 0.717) is 45.8 Å². The minimum Gasteiger partial charge on any atom is -0.378 e. The van der Waals surface area contributed by atoms with Crippen molar-refractivity contribution in [2.45, 2.75) is 45.2 Å². The van der Waals surface area contributed by atoms with Crippen LogP contribution in [0.25, 0.3) is 0 Å². The van der Waals surface area contributed by atoms with Gasteiger partial charge in [-0.25, -0.2) is 0 Å². The number of ether oxygens (including phenoxy) is 2. The van der Waals surface area contributed by atoms with Crippen LogP contribution < -0.4 is 16.0 Å². The van der Waals surface area contributed by atoms with Gasteiger partial charge in [0.15, 0.2) is 0 Å². The topological polar surface area (TPSA) is 126 Å². The van der Waals surface area contributed by atoms with Gasteiger partial charge in [0.25, 0.3) is 0 Å². The Morgan fingerprint density at radius 1 is 1.06 bits per heavy atom. The molecule has 0 aliphatic heterocycles. The molecule has 0 aromatic heterocycles. The fourth-order valence-corrected chi connectivity index (χ4v) is 3.56. The number of amides is 3. The molecule has 35 heavy (non-hydrogen) atoms. The summed E-state index contributed by atoms with van der Waals surface area (Å²) in [5.74, 6) is -0.409. The average molecular weight is 493 g/mol. The molecule has 10 nitrogen and oxygen atoms in total. The molecule has 0 heterocycles. The molecule has 1 aromatic rings. The number of benzene rings is 1. The van der Waals surface area contributed by atoms with E-state index >= 15 is 0 Å². The second kappa shape index (κ2) is 18.5. The number of likely N-dealkylation sites (N-methyl/N-ethyl adjacent to an activating group) is 2. The molecule has 0 aliphatic rings. The van der Waals surface area contributed by atoms with Crippen molar-refractivity contribution in [1.29, 1.82) is 0 Å². The lowest BCUT2D eigenvalue weighted by atomic mass is 9.97. The molecule has 1 atom stereocenters. The maximum atomic E-state index is 12.3. The molecule has 1 aromatic carbocycles. The van der Waals surface area contributed by atoms with Crippen LogP contribution in [-0.2, 0) is 41.6 Å². The predicted octanol–water partition coefficient (Wildman–Crippen LogP) is 0.349. The van der Waals surface area contributed by atoms with Crippen LogP contribution in [0.4, 0.5) is 0 Å². The number of aldehydes is 1. The molecule has 1 unspecified atom stereocenters. The highest BCUT2D eigenvalue weighted by Crippen LogP contribution is 2.20. The summed E-state index contributed by atoms with van der Waals surface area (Å²) in [5, 5.41) is 8.40. The summed E-state index contributed by atoms with van der Waals surface area (Å²) in [5.41, 5.74) is 2.80. The summed E-state index contributed by atoms with van der Waals surface area (Å²) >= 11 is 0. The minimum absolute atomic E-state index is 0.0900. The van der Waals surface area contributed by atoms with Crippen LogP contribution in [0.3, 0.4) is 0 Å². The van der Waals surface area contributed by atoms with Crippen LogP contribution in [0.2, 0.25) is 0 Å². The lowest BCUT2D eigenvalue weighted by molar-refractivity contribution is -0.133. The van der Waals surface area contributed by atoms with E-state index in [0.717, 1.165) is 29.5 Å². The fraction of sp³-hybridized carbons (Fsp3) is 0.600. The van der Waals surface area contributed by atoms with E-state index in [-0.39, 0.29) is 37.6 Å². The molecule has 0 saturated heterocycles. The van der Waals surface area contributed by atoms with Gasteiger partial charge >= 0.3 is 0 Å². The smallest absolute Gasteiger partial charge is 0.242 e. The second-order valence-corrected chi connectivity index (χ2v) is 8.04. The zero-order valence-electron chi connectivity index (χ0n) is 21.1. The first-order chi connectivity index (χ1) is 17.0. The highest BCUT2D eigenvalue weighted by molar-refractivity contribution is 5.83. The van der Waals surface area contributed by atoms with Gasteiger partial charge in [-0.15, -0.1) is 0 Å². The molecule has 0 bridgehead atoms. The maximum absolute atomic E-state index is 12.3. The summed E-state index contributed by atoms with van der Waals surface area (Å²) in [6.07, 6.45) is 2.58. The van der Waals surface area contributed by atoms with Gasteiger partial charge in [-0.2, -0.15) is 0 Å². The van der Waals surface area contributed by atoms with E-state index in [9.17, 15) is 19.2 Å². The molecule has 0 aliphatic carbocycles. The molecular formula is C25H40N4O6. The van der Waals surface area contributed by atoms with Gasteiger partial charge in [-0.3, -0.25) is 14.4 Å². The number of hydrogen-bond donors (Lipinski definition) is 3. The molecule has 3 amide bonds. The first-order valence-corrected chi connectivity index (χ1v) is 12.0. The Labute approximate surface area is 208 Å². The molecular weight excluding hydrogens is 452 g/mol. The van der Waals surface area contributed by atoms with E-state index in [4.69, 9.17) is 9.47 Å². The van der Waals surface area contributed by atoms with E-state index < -0.39 is 6.04 Å². The normalized spacial score (nSPS) is 11.5. The quantitative estimate of drug-likeness (QED) is 0.177. The second-order valence-electron chi connectivity index (χ2n) is 8.04. The molecule has 1 rings (SSSR count). The van der Waals surface area contributed by atoms with Crippen molar-refractivity contribution in [3.63, 3.8) is 0 Å². The van der Waals surface area contributed by atoms with Crippen molar-refractivity contribution in [1.82, 2.24) is 20.9 Å². The van der Waals surface area contributed by atoms with Crippen molar-refractivity contribution in [2.24, 2.45) is 0 Å². The van der Waals surface area contributed by atoms with E-state index in [1.54, 1.807) is 0 Å². The summed E-state index contributed by atoms with van der Waals surface area (Å²) in [6.45, 7) is 5.39. The van der Waals surface area contributed by atoms with Crippen LogP contribution >= 0.6 is 0 Å². The number of carbonyl (C=O) groups is 4. The zero-order valence-corrected chi connectivity index (χ0v) is 21.1. The third kappa shape index (κ3) is 11.9. The van der Waals surface area contributed by atoms with E-state index in [1.165, 1.54) is 11.9 Å². The van der Waals surface area contributed by atoms with Gasteiger partial charge in [-0.1, -0.05) is 18.2 Å². The van der Waals surface area contributed by atoms with Crippen LogP contribution in [0.15, 0.2) is 18.2 Å². The largest absolute Gasteiger partial charge is 0.378 e. The van der Waals surface area contributed by atoms with Gasteiger partial charge in [0, 0.05) is 39.5 Å². The lowest BCUT2D eigenvalue weighted by Gasteiger charge is -2.28. The highest BCUT2D eigenvalue weighted by Gasteiger charge is 2.25. The van der Waals surface area contributed by atoms with Crippen LogP contribution in [0, 0.1) is 6.92 Å². The molecule has 3 N–H and O–H groups in total. The molecule has 10 heteroatoms. The van der Waals surface area contributed by atoms with Gasteiger partial charge in [0.05, 0.1) is 26.4 Å². The third-order valence-electron chi connectivity index (χ3n) is 5.55. The first-order valence-electron chi connectivity index (χ1n) is 12.0. The van der Waals surface area contributed by atoms with Crippen molar-refractivity contribution >= 4 is 24.5 Å². The Morgan fingerprint density at radius 2 is 1.77 bits per heavy atom. The summed E-state index contributed by atoms with van der Waals surface area (Å²) in [4.78, 5) is 48.7. The van der Waals surface area contributed by atoms with Gasteiger partial charge in [-0.05, 0) is 43.5 Å². The van der Waals surface area contributed by atoms with Gasteiger partial charge in [0.2, 0.25) is 18.2 Å². The first kappa shape index (κ1) is 30.2. The molecule has 0 radical (unpaired) electrons. The number of hydrogen-bond acceptors (Lipinski definition) is 7. The zero-order chi connectivity index (χ0) is 25.9. The molecule has 0 spiro atoms. The predicted molar refractivity (Wildman–Crippen MR) is 133 cm³/mol. The van der Waals surface area contributed by atoms with Crippen molar-refractivity contribution < 1.29 is 28.7 Å². The average Bonchev–Trinajstić information content (AvgIpc) is 2.86. The maximum Gasteiger partial charge on any atom is 0.242 e. The van der Waals surface area contributed by atoms with Crippen molar-refractivity contribution in [3.05, 3.63) is 34.9 Å². The monoisotopic (exact) mass is 492 g/mol. The Bertz CT molecular complexity index is 789. The molecule has 0 fully saturated rings. The van der Waals surface area contributed by atoms with E-state index in [2.05, 4.69) is 16.0 Å². The van der Waals surface area contributed by atoms with Gasteiger partial charge in [0.1, 0.15) is 12.3 Å². The SMILES string of the molecule is CNCCOCCOCCNC(=O)CCc1cccc(C)c1CN(C=O)C(CCC=O)C(=O)NC. The molecule has 0 saturated carbocycles. The number of nitrogens with zero attached hydrogens (tertiary/aromatic N) is 1. The van der Waals surface area contributed by atoms with Crippen LogP contribution in [0.1, 0.15) is 36.0 Å². The number of nitrogens with one attached hydrogen (secondary N) is 3. The summed E-state index contributed by atoms with van der Waals surface area (Å²) in [7, 11) is 3.37. The summed E-state index contributed by atoms with van der Waals surface area (Å²) < 4.78 is 10.8. The van der Waals surface area contributed by atoms with Crippen LogP contribution in [-0.4, -0.2) is 89.1 Å². The van der Waals surface area contributed by atoms with Crippen LogP contribution in [0.5, 0.6) is 0 Å². The van der Waals surface area contributed by atoms with Crippen molar-refractivity contribution in [3.8, 4) is 0 Å². The Hall–Kier alpha value is -2.82. The van der Waals surface area contributed by atoms with Gasteiger partial charge < -0.3 is 35.1 Å². The minimum atomic E-state index is -0.743. The number of carbonyl (C=O) groups excluding carboxylic acids is 4. The summed E-state index contributed by atoms with van der Waals surface area (Å²) in [6, 6.07) is 5.03. The Kier molecular flexibility index (Phi) is 16.0. The Morgan fingerprint density at radius 3 is 2.40 bits per heavy atom.